The van der Waals surface area contributed by atoms with E-state index in [0.717, 1.165) is 6.08 Å². The van der Waals surface area contributed by atoms with E-state index < -0.39 is 14.1 Å². The van der Waals surface area contributed by atoms with Gasteiger partial charge in [0.05, 0.1) is 0 Å². The van der Waals surface area contributed by atoms with Crippen LogP contribution < -0.4 is 5.73 Å². The van der Waals surface area contributed by atoms with Gasteiger partial charge in [-0.05, 0) is 6.08 Å². The summed E-state index contributed by atoms with van der Waals surface area (Å²) in [7, 11) is -4.43. The van der Waals surface area contributed by atoms with Crippen molar-refractivity contribution in [1.29, 1.82) is 0 Å². The molecule has 0 aromatic heterocycles. The van der Waals surface area contributed by atoms with Gasteiger partial charge in [-0.3, -0.25) is 4.52 Å². The standard InChI is InChI=1S/C3H8NO4P/c1-2-3(4)8-9(5,6)7/h2-3H,1,4H2,(H2,5,6,7). The van der Waals surface area contributed by atoms with Crippen LogP contribution in [0.4, 0.5) is 0 Å². The first-order valence-corrected chi connectivity index (χ1v) is 3.61. The fourth-order valence-corrected chi connectivity index (χ4v) is 0.605. The molecule has 0 amide bonds. The molecule has 4 N–H and O–H groups in total. The molecular weight excluding hydrogens is 145 g/mol. The minimum absolute atomic E-state index is 1.08. The molecule has 0 rings (SSSR count). The van der Waals surface area contributed by atoms with Gasteiger partial charge < -0.3 is 15.5 Å². The highest BCUT2D eigenvalue weighted by Gasteiger charge is 2.16. The third kappa shape index (κ3) is 5.68. The lowest BCUT2D eigenvalue weighted by Gasteiger charge is -2.07. The van der Waals surface area contributed by atoms with Crippen LogP contribution in [0.1, 0.15) is 0 Å². The molecule has 5 nitrogen and oxygen atoms in total. The van der Waals surface area contributed by atoms with Crippen LogP contribution in [-0.4, -0.2) is 16.0 Å². The molecule has 0 spiro atoms. The van der Waals surface area contributed by atoms with E-state index in [4.69, 9.17) is 15.5 Å². The molecule has 0 aliphatic heterocycles. The van der Waals surface area contributed by atoms with Gasteiger partial charge in [0.25, 0.3) is 0 Å². The molecule has 1 unspecified atom stereocenters. The van der Waals surface area contributed by atoms with E-state index in [1.807, 2.05) is 0 Å². The van der Waals surface area contributed by atoms with E-state index >= 15 is 0 Å². The van der Waals surface area contributed by atoms with Gasteiger partial charge in [0.15, 0.2) is 0 Å². The zero-order valence-electron chi connectivity index (χ0n) is 4.60. The fraction of sp³-hybridized carbons (Fsp3) is 0.333. The van der Waals surface area contributed by atoms with Gasteiger partial charge in [-0.1, -0.05) is 6.58 Å². The third-order valence-electron chi connectivity index (χ3n) is 0.491. The lowest BCUT2D eigenvalue weighted by Crippen LogP contribution is -2.18. The monoisotopic (exact) mass is 153 g/mol. The predicted octanol–water partition coefficient (Wildman–Crippen LogP) is -0.433. The molecule has 6 heteroatoms. The normalized spacial score (nSPS) is 15.0. The molecule has 0 heterocycles. The summed E-state index contributed by atoms with van der Waals surface area (Å²) >= 11 is 0. The molecule has 0 aromatic rings. The lowest BCUT2D eigenvalue weighted by molar-refractivity contribution is 0.165. The van der Waals surface area contributed by atoms with Crippen LogP contribution in [-0.2, 0) is 9.09 Å². The Hall–Kier alpha value is -0.190. The Kier molecular flexibility index (Phi) is 3.03. The maximum atomic E-state index is 9.94. The number of hydrogen-bond acceptors (Lipinski definition) is 3. The Labute approximate surface area is 52.4 Å². The fourth-order valence-electron chi connectivity index (χ4n) is 0.202. The highest BCUT2D eigenvalue weighted by atomic mass is 31.2. The van der Waals surface area contributed by atoms with Gasteiger partial charge in [-0.15, -0.1) is 0 Å². The zero-order chi connectivity index (χ0) is 7.49. The summed E-state index contributed by atoms with van der Waals surface area (Å²) < 4.78 is 13.9. The first-order chi connectivity index (χ1) is 3.95. The van der Waals surface area contributed by atoms with E-state index in [-0.39, 0.29) is 0 Å². The minimum atomic E-state index is -4.43. The van der Waals surface area contributed by atoms with E-state index in [1.54, 1.807) is 0 Å². The number of hydrogen-bond donors (Lipinski definition) is 3. The van der Waals surface area contributed by atoms with Gasteiger partial charge in [-0.25, -0.2) is 4.57 Å². The highest BCUT2D eigenvalue weighted by Crippen LogP contribution is 2.36. The minimum Gasteiger partial charge on any atom is -0.303 e. The predicted molar refractivity (Wildman–Crippen MR) is 31.3 cm³/mol. The SMILES string of the molecule is C=CC(N)OP(=O)(O)O. The molecule has 0 aromatic carbocycles. The maximum Gasteiger partial charge on any atom is 0.471 e. The quantitative estimate of drug-likeness (QED) is 0.290. The van der Waals surface area contributed by atoms with Crippen LogP contribution in [0.2, 0.25) is 0 Å². The summed E-state index contributed by atoms with van der Waals surface area (Å²) in [5.41, 5.74) is 4.93. The van der Waals surface area contributed by atoms with Crippen molar-refractivity contribution in [2.45, 2.75) is 6.23 Å². The van der Waals surface area contributed by atoms with Crippen molar-refractivity contribution in [2.75, 3.05) is 0 Å². The Morgan fingerprint density at radius 3 is 2.33 bits per heavy atom. The molecule has 1 atom stereocenters. The second-order valence-electron chi connectivity index (χ2n) is 1.30. The molecule has 0 bridgehead atoms. The number of nitrogens with two attached hydrogens (primary N) is 1. The summed E-state index contributed by atoms with van der Waals surface area (Å²) in [6, 6.07) is 0. The van der Waals surface area contributed by atoms with Crippen molar-refractivity contribution in [3.8, 4) is 0 Å². The first kappa shape index (κ1) is 8.81. The van der Waals surface area contributed by atoms with Crippen molar-refractivity contribution < 1.29 is 18.9 Å². The highest BCUT2D eigenvalue weighted by molar-refractivity contribution is 7.46. The van der Waals surface area contributed by atoms with Crippen LogP contribution in [0.5, 0.6) is 0 Å². The van der Waals surface area contributed by atoms with Gasteiger partial charge >= 0.3 is 7.82 Å². The third-order valence-corrected chi connectivity index (χ3v) is 1.01. The Morgan fingerprint density at radius 2 is 2.22 bits per heavy atom. The van der Waals surface area contributed by atoms with E-state index in [1.165, 1.54) is 0 Å². The van der Waals surface area contributed by atoms with Crippen LogP contribution in [0.15, 0.2) is 12.7 Å². The van der Waals surface area contributed by atoms with Gasteiger partial charge in [0, 0.05) is 0 Å². The average molecular weight is 153 g/mol. The molecule has 0 aliphatic carbocycles. The van der Waals surface area contributed by atoms with Crippen LogP contribution >= 0.6 is 7.82 Å². The first-order valence-electron chi connectivity index (χ1n) is 2.08. The Bertz CT molecular complexity index is 141. The summed E-state index contributed by atoms with van der Waals surface area (Å²) in [5.74, 6) is 0. The summed E-state index contributed by atoms with van der Waals surface area (Å²) in [6.45, 7) is 3.15. The topological polar surface area (TPSA) is 92.8 Å². The molecule has 0 fully saturated rings. The lowest BCUT2D eigenvalue weighted by atomic mass is 10.6. The summed E-state index contributed by atoms with van der Waals surface area (Å²) in [6.07, 6.45) is -0.0233. The average Bonchev–Trinajstić information content (AvgIpc) is 1.62. The number of phosphoric ester groups is 1. The van der Waals surface area contributed by atoms with E-state index in [9.17, 15) is 4.57 Å². The molecule has 54 valence electrons. The zero-order valence-corrected chi connectivity index (χ0v) is 5.49. The molecule has 0 radical (unpaired) electrons. The van der Waals surface area contributed by atoms with Crippen molar-refractivity contribution in [3.05, 3.63) is 12.7 Å². The van der Waals surface area contributed by atoms with Crippen molar-refractivity contribution in [1.82, 2.24) is 0 Å². The maximum absolute atomic E-state index is 9.94. The van der Waals surface area contributed by atoms with Crippen molar-refractivity contribution in [3.63, 3.8) is 0 Å². The van der Waals surface area contributed by atoms with Gasteiger partial charge in [0.2, 0.25) is 0 Å². The molecule has 0 saturated carbocycles. The van der Waals surface area contributed by atoms with Crippen LogP contribution in [0, 0.1) is 0 Å². The van der Waals surface area contributed by atoms with Crippen LogP contribution in [0.25, 0.3) is 0 Å². The summed E-state index contributed by atoms with van der Waals surface area (Å²) in [4.78, 5) is 16.2. The van der Waals surface area contributed by atoms with Gasteiger partial charge in [0.1, 0.15) is 6.23 Å². The second kappa shape index (κ2) is 3.10. The number of rotatable bonds is 3. The van der Waals surface area contributed by atoms with E-state index in [0.29, 0.717) is 0 Å². The van der Waals surface area contributed by atoms with Crippen molar-refractivity contribution >= 4 is 7.82 Å². The van der Waals surface area contributed by atoms with E-state index in [2.05, 4.69) is 11.1 Å². The number of phosphoric acid groups is 1. The Balaban J connectivity index is 3.74. The molecule has 9 heavy (non-hydrogen) atoms. The molecule has 0 aliphatic rings. The molecular formula is C3H8NO4P. The van der Waals surface area contributed by atoms with Gasteiger partial charge in [-0.2, -0.15) is 0 Å². The molecule has 0 saturated heterocycles. The smallest absolute Gasteiger partial charge is 0.303 e. The van der Waals surface area contributed by atoms with Crippen molar-refractivity contribution in [2.24, 2.45) is 5.73 Å². The largest absolute Gasteiger partial charge is 0.471 e. The summed E-state index contributed by atoms with van der Waals surface area (Å²) in [5, 5.41) is 0. The van der Waals surface area contributed by atoms with Crippen LogP contribution in [0.3, 0.4) is 0 Å². The second-order valence-corrected chi connectivity index (χ2v) is 2.49. The Morgan fingerprint density at radius 1 is 1.78 bits per heavy atom.